The van der Waals surface area contributed by atoms with Crippen LogP contribution in [0.5, 0.6) is 0 Å². The number of hydrogen-bond donors (Lipinski definition) is 1. The maximum atomic E-state index is 11.2. The van der Waals surface area contributed by atoms with Crippen LogP contribution in [0.25, 0.3) is 11.3 Å². The van der Waals surface area contributed by atoms with Crippen molar-refractivity contribution in [3.8, 4) is 11.3 Å². The first-order valence-electron chi connectivity index (χ1n) is 6.45. The predicted molar refractivity (Wildman–Crippen MR) is 71.3 cm³/mol. The van der Waals surface area contributed by atoms with Gasteiger partial charge in [-0.2, -0.15) is 0 Å². The molecule has 100 valence electrons. The molecule has 0 unspecified atom stereocenters. The van der Waals surface area contributed by atoms with Crippen molar-refractivity contribution in [1.29, 1.82) is 0 Å². The van der Waals surface area contributed by atoms with Crippen molar-refractivity contribution in [2.75, 3.05) is 5.32 Å². The van der Waals surface area contributed by atoms with E-state index in [9.17, 15) is 4.79 Å². The maximum absolute atomic E-state index is 11.2. The monoisotopic (exact) mass is 260 g/mol. The molecule has 0 aliphatic carbocycles. The van der Waals surface area contributed by atoms with Crippen molar-refractivity contribution < 1.29 is 14.0 Å². The van der Waals surface area contributed by atoms with Gasteiger partial charge in [-0.05, 0) is 16.8 Å². The highest BCUT2D eigenvalue weighted by molar-refractivity contribution is 5.90. The van der Waals surface area contributed by atoms with Gasteiger partial charge in [-0.15, -0.1) is 0 Å². The molecule has 2 aromatic rings. The van der Waals surface area contributed by atoms with Gasteiger partial charge in [-0.1, -0.05) is 31.5 Å². The van der Waals surface area contributed by atoms with Crippen molar-refractivity contribution >= 4 is 11.8 Å². The minimum absolute atomic E-state index is 0.170. The summed E-state index contributed by atoms with van der Waals surface area (Å²) in [6, 6.07) is 9.79. The van der Waals surface area contributed by atoms with Crippen LogP contribution < -0.4 is 10.00 Å². The minimum Gasteiger partial charge on any atom is -0.289 e. The van der Waals surface area contributed by atoms with E-state index in [0.29, 0.717) is 5.88 Å². The van der Waals surface area contributed by atoms with Gasteiger partial charge >= 0.3 is 11.6 Å². The first kappa shape index (κ1) is 13.3. The number of hydrogen-bond acceptors (Lipinski definition) is 3. The Morgan fingerprint density at radius 1 is 1.37 bits per heavy atom. The van der Waals surface area contributed by atoms with Gasteiger partial charge in [-0.3, -0.25) is 14.6 Å². The number of carbonyl (C=O) groups is 1. The largest absolute Gasteiger partial charge is 0.310 e. The number of nitrogens with one attached hydrogen (secondary N) is 1. The molecule has 0 saturated carbocycles. The van der Waals surface area contributed by atoms with Crippen LogP contribution in [-0.4, -0.2) is 11.2 Å². The lowest BCUT2D eigenvalue weighted by Gasteiger charge is -1.98. The normalized spacial score (nSPS) is 10.4. The summed E-state index contributed by atoms with van der Waals surface area (Å²) in [6.45, 7) is 4.34. The Labute approximate surface area is 112 Å². The third-order valence-electron chi connectivity index (χ3n) is 2.76. The summed E-state index contributed by atoms with van der Waals surface area (Å²) in [6.07, 6.45) is 2.08. The molecule has 5 heteroatoms. The fourth-order valence-electron chi connectivity index (χ4n) is 1.87. The lowest BCUT2D eigenvalue weighted by atomic mass is 10.1. The van der Waals surface area contributed by atoms with Crippen molar-refractivity contribution in [3.05, 3.63) is 30.3 Å². The van der Waals surface area contributed by atoms with Crippen LogP contribution in [0.2, 0.25) is 0 Å². The zero-order chi connectivity index (χ0) is 13.7. The lowest BCUT2D eigenvalue weighted by molar-refractivity contribution is -0.753. The average Bonchev–Trinajstić information content (AvgIpc) is 2.79. The zero-order valence-electron chi connectivity index (χ0n) is 11.2. The van der Waals surface area contributed by atoms with Crippen LogP contribution >= 0.6 is 0 Å². The van der Waals surface area contributed by atoms with Gasteiger partial charge in [0.05, 0.1) is 5.56 Å². The number of rotatable bonds is 5. The van der Waals surface area contributed by atoms with Crippen LogP contribution in [0.3, 0.4) is 0 Å². The van der Waals surface area contributed by atoms with E-state index in [1.807, 2.05) is 30.3 Å². The number of aromatic nitrogens is 2. The fourth-order valence-corrected chi connectivity index (χ4v) is 1.87. The Morgan fingerprint density at radius 3 is 2.74 bits per heavy atom. The van der Waals surface area contributed by atoms with Crippen molar-refractivity contribution in [2.45, 2.75) is 33.2 Å². The molecule has 0 radical (unpaired) electrons. The molecule has 1 heterocycles. The van der Waals surface area contributed by atoms with Gasteiger partial charge in [0.15, 0.2) is 6.54 Å². The minimum atomic E-state index is -0.170. The van der Waals surface area contributed by atoms with Gasteiger partial charge in [0, 0.05) is 13.3 Å². The number of unbranched alkanes of at least 4 members (excludes halogenated alkanes) is 1. The number of anilines is 1. The smallest absolute Gasteiger partial charge is 0.289 e. The standard InChI is InChI=1S/C14H17N3O2/c1-3-4-10-17-13(12-8-6-5-7-9-12)14(19-16-17)15-11(2)18/h5-9H,3-4,10H2,1-2H3/p+1. The molecule has 1 N–H and O–H groups in total. The number of amides is 1. The molecule has 0 bridgehead atoms. The van der Waals surface area contributed by atoms with E-state index in [1.54, 1.807) is 4.68 Å². The Bertz CT molecular complexity index is 549. The summed E-state index contributed by atoms with van der Waals surface area (Å²) in [7, 11) is 0. The zero-order valence-corrected chi connectivity index (χ0v) is 11.2. The van der Waals surface area contributed by atoms with Gasteiger partial charge in [0.25, 0.3) is 0 Å². The Morgan fingerprint density at radius 2 is 2.11 bits per heavy atom. The molecule has 1 aromatic carbocycles. The van der Waals surface area contributed by atoms with E-state index in [4.69, 9.17) is 4.52 Å². The molecule has 0 fully saturated rings. The van der Waals surface area contributed by atoms with Crippen molar-refractivity contribution in [3.63, 3.8) is 0 Å². The summed E-state index contributed by atoms with van der Waals surface area (Å²) >= 11 is 0. The highest BCUT2D eigenvalue weighted by Gasteiger charge is 2.26. The van der Waals surface area contributed by atoms with Crippen molar-refractivity contribution in [1.82, 2.24) is 5.27 Å². The van der Waals surface area contributed by atoms with E-state index in [0.717, 1.165) is 30.6 Å². The van der Waals surface area contributed by atoms with Gasteiger partial charge < -0.3 is 0 Å². The summed E-state index contributed by atoms with van der Waals surface area (Å²) in [5.74, 6) is 0.228. The summed E-state index contributed by atoms with van der Waals surface area (Å²) in [5.41, 5.74) is 1.79. The summed E-state index contributed by atoms with van der Waals surface area (Å²) in [5, 5.41) is 6.69. The average molecular weight is 260 g/mol. The number of aryl methyl sites for hydroxylation is 1. The number of nitrogens with zero attached hydrogens (tertiary/aromatic N) is 2. The first-order valence-corrected chi connectivity index (χ1v) is 6.45. The van der Waals surface area contributed by atoms with Crippen LogP contribution in [0.4, 0.5) is 5.88 Å². The molecular weight excluding hydrogens is 242 g/mol. The molecule has 0 aliphatic rings. The Balaban J connectivity index is 2.40. The second-order valence-electron chi connectivity index (χ2n) is 4.37. The van der Waals surface area contributed by atoms with Crippen LogP contribution in [0.15, 0.2) is 34.9 Å². The molecule has 1 amide bonds. The molecule has 0 saturated heterocycles. The number of benzene rings is 1. The van der Waals surface area contributed by atoms with E-state index < -0.39 is 0 Å². The Hall–Kier alpha value is -2.17. The lowest BCUT2D eigenvalue weighted by Crippen LogP contribution is -2.37. The van der Waals surface area contributed by atoms with E-state index in [-0.39, 0.29) is 5.91 Å². The van der Waals surface area contributed by atoms with Gasteiger partial charge in [-0.25, -0.2) is 0 Å². The van der Waals surface area contributed by atoms with Gasteiger partial charge in [0.1, 0.15) is 0 Å². The second-order valence-corrected chi connectivity index (χ2v) is 4.37. The van der Waals surface area contributed by atoms with Crippen LogP contribution in [-0.2, 0) is 11.3 Å². The predicted octanol–water partition coefficient (Wildman–Crippen LogP) is 2.39. The van der Waals surface area contributed by atoms with Crippen molar-refractivity contribution in [2.24, 2.45) is 0 Å². The van der Waals surface area contributed by atoms with Crippen LogP contribution in [0, 0.1) is 0 Å². The molecule has 5 nitrogen and oxygen atoms in total. The highest BCUT2D eigenvalue weighted by Crippen LogP contribution is 2.23. The molecule has 2 rings (SSSR count). The third-order valence-corrected chi connectivity index (χ3v) is 2.76. The second kappa shape index (κ2) is 6.13. The molecular formula is C14H18N3O2+. The number of carbonyl (C=O) groups excluding carboxylic acids is 1. The molecule has 0 atom stereocenters. The quantitative estimate of drug-likeness (QED) is 0.840. The summed E-state index contributed by atoms with van der Waals surface area (Å²) < 4.78 is 7.03. The molecule has 0 aliphatic heterocycles. The summed E-state index contributed by atoms with van der Waals surface area (Å²) in [4.78, 5) is 11.2. The molecule has 0 spiro atoms. The molecule has 19 heavy (non-hydrogen) atoms. The van der Waals surface area contributed by atoms with Crippen LogP contribution in [0.1, 0.15) is 26.7 Å². The molecule has 1 aromatic heterocycles. The SMILES string of the molecule is CCCC[n+]1noc(NC(C)=O)c1-c1ccccc1. The van der Waals surface area contributed by atoms with Gasteiger partial charge in [0.2, 0.25) is 11.2 Å². The highest BCUT2D eigenvalue weighted by atomic mass is 16.5. The Kier molecular flexibility index (Phi) is 4.28. The first-order chi connectivity index (χ1) is 9.22. The fraction of sp³-hybridized carbons (Fsp3) is 0.357. The topological polar surface area (TPSA) is 59.0 Å². The maximum Gasteiger partial charge on any atom is 0.310 e. The van der Waals surface area contributed by atoms with E-state index in [2.05, 4.69) is 17.5 Å². The van der Waals surface area contributed by atoms with E-state index in [1.165, 1.54) is 6.92 Å². The van der Waals surface area contributed by atoms with E-state index >= 15 is 0 Å². The third kappa shape index (κ3) is 3.19.